The van der Waals surface area contributed by atoms with Gasteiger partial charge < -0.3 is 9.64 Å². The second kappa shape index (κ2) is 7.95. The predicted octanol–water partition coefficient (Wildman–Crippen LogP) is 4.70. The number of Topliss-reactive ketones (excluding diaryl/α,β-unsaturated/α-hetero) is 1. The monoisotopic (exact) mass is 416 g/mol. The van der Waals surface area contributed by atoms with Gasteiger partial charge in [-0.3, -0.25) is 14.6 Å². The average molecular weight is 417 g/mol. The van der Waals surface area contributed by atoms with Crippen LogP contribution in [0, 0.1) is 5.92 Å². The van der Waals surface area contributed by atoms with E-state index in [1.807, 2.05) is 12.1 Å². The van der Waals surface area contributed by atoms with Gasteiger partial charge in [0.05, 0.1) is 17.5 Å². The minimum atomic E-state index is -0.410. The van der Waals surface area contributed by atoms with Crippen molar-refractivity contribution < 1.29 is 14.3 Å². The standard InChI is InChI=1S/C26H28N2O3/c1-16(2)18-7-9-19(10-8-18)23-22-24(29)20-5-3-4-6-21(20)31-25(22)26(30)28(23)15-17-11-13-27-14-12-17/h7-14,16,20-21,23H,3-6,15H2,1-2H3. The summed E-state index contributed by atoms with van der Waals surface area (Å²) in [6, 6.07) is 11.7. The first-order valence-electron chi connectivity index (χ1n) is 11.3. The van der Waals surface area contributed by atoms with E-state index in [1.165, 1.54) is 5.56 Å². The summed E-state index contributed by atoms with van der Waals surface area (Å²) in [6.07, 6.45) is 7.08. The van der Waals surface area contributed by atoms with Crippen LogP contribution in [0.2, 0.25) is 0 Å². The van der Waals surface area contributed by atoms with Gasteiger partial charge in [0.2, 0.25) is 0 Å². The third-order valence-corrected chi connectivity index (χ3v) is 6.88. The van der Waals surface area contributed by atoms with Gasteiger partial charge in [0.25, 0.3) is 5.91 Å². The second-order valence-corrected chi connectivity index (χ2v) is 9.17. The number of aromatic nitrogens is 1. The molecule has 3 unspecified atom stereocenters. The lowest BCUT2D eigenvalue weighted by molar-refractivity contribution is -0.135. The molecule has 0 spiro atoms. The number of rotatable bonds is 4. The van der Waals surface area contributed by atoms with Crippen LogP contribution in [0.3, 0.4) is 0 Å². The van der Waals surface area contributed by atoms with Crippen LogP contribution in [0.15, 0.2) is 60.1 Å². The van der Waals surface area contributed by atoms with Crippen molar-refractivity contribution in [2.75, 3.05) is 0 Å². The Morgan fingerprint density at radius 3 is 2.45 bits per heavy atom. The zero-order chi connectivity index (χ0) is 21.5. The summed E-state index contributed by atoms with van der Waals surface area (Å²) in [6.45, 7) is 4.73. The van der Waals surface area contributed by atoms with Gasteiger partial charge in [-0.2, -0.15) is 0 Å². The van der Waals surface area contributed by atoms with E-state index in [4.69, 9.17) is 4.74 Å². The van der Waals surface area contributed by atoms with Crippen LogP contribution in [0.25, 0.3) is 0 Å². The Labute approximate surface area is 183 Å². The summed E-state index contributed by atoms with van der Waals surface area (Å²) < 4.78 is 6.23. The number of ether oxygens (including phenoxy) is 1. The Morgan fingerprint density at radius 1 is 1.03 bits per heavy atom. The van der Waals surface area contributed by atoms with Crippen molar-refractivity contribution >= 4 is 11.7 Å². The van der Waals surface area contributed by atoms with Gasteiger partial charge in [0.15, 0.2) is 11.5 Å². The number of benzene rings is 1. The SMILES string of the molecule is CC(C)c1ccc(C2C3=C(OC4CCCCC4C3=O)C(=O)N2Cc2ccncc2)cc1. The Bertz CT molecular complexity index is 1030. The van der Waals surface area contributed by atoms with Crippen LogP contribution >= 0.6 is 0 Å². The van der Waals surface area contributed by atoms with E-state index in [1.54, 1.807) is 17.3 Å². The van der Waals surface area contributed by atoms with Crippen LogP contribution in [-0.2, 0) is 20.9 Å². The molecule has 1 saturated carbocycles. The second-order valence-electron chi connectivity index (χ2n) is 9.17. The normalized spacial score (nSPS) is 25.5. The van der Waals surface area contributed by atoms with Crippen LogP contribution < -0.4 is 0 Å². The molecule has 0 radical (unpaired) electrons. The minimum Gasteiger partial charge on any atom is -0.483 e. The van der Waals surface area contributed by atoms with Crippen molar-refractivity contribution in [3.05, 3.63) is 76.8 Å². The van der Waals surface area contributed by atoms with Crippen LogP contribution in [-0.4, -0.2) is 27.7 Å². The molecule has 1 aromatic heterocycles. The van der Waals surface area contributed by atoms with E-state index in [2.05, 4.69) is 43.1 Å². The quantitative estimate of drug-likeness (QED) is 0.725. The zero-order valence-electron chi connectivity index (χ0n) is 18.1. The highest BCUT2D eigenvalue weighted by atomic mass is 16.5. The van der Waals surface area contributed by atoms with Crippen molar-refractivity contribution in [3.63, 3.8) is 0 Å². The number of pyridine rings is 1. The van der Waals surface area contributed by atoms with Gasteiger partial charge in [0, 0.05) is 18.9 Å². The summed E-state index contributed by atoms with van der Waals surface area (Å²) in [5.74, 6) is 0.500. The van der Waals surface area contributed by atoms with E-state index in [0.29, 0.717) is 18.0 Å². The fourth-order valence-corrected chi connectivity index (χ4v) is 5.15. The van der Waals surface area contributed by atoms with Crippen LogP contribution in [0.4, 0.5) is 0 Å². The molecule has 1 aromatic carbocycles. The van der Waals surface area contributed by atoms with Crippen LogP contribution in [0.5, 0.6) is 0 Å². The Kier molecular flexibility index (Phi) is 5.12. The summed E-state index contributed by atoms with van der Waals surface area (Å²) in [7, 11) is 0. The molecule has 3 heterocycles. The molecule has 5 nitrogen and oxygen atoms in total. The first-order chi connectivity index (χ1) is 15.0. The minimum absolute atomic E-state index is 0.106. The lowest BCUT2D eigenvalue weighted by Crippen LogP contribution is -2.39. The Hall–Kier alpha value is -2.95. The molecule has 0 saturated heterocycles. The average Bonchev–Trinajstić information content (AvgIpc) is 3.06. The molecule has 5 heteroatoms. The largest absolute Gasteiger partial charge is 0.483 e. The molecule has 0 bridgehead atoms. The van der Waals surface area contributed by atoms with Crippen molar-refractivity contribution in [1.29, 1.82) is 0 Å². The maximum absolute atomic E-state index is 13.6. The van der Waals surface area contributed by atoms with Crippen molar-refractivity contribution in [2.45, 2.75) is 64.1 Å². The first-order valence-corrected chi connectivity index (χ1v) is 11.3. The maximum atomic E-state index is 13.6. The summed E-state index contributed by atoms with van der Waals surface area (Å²) in [4.78, 5) is 33.0. The van der Waals surface area contributed by atoms with Crippen LogP contribution in [0.1, 0.15) is 68.2 Å². The molecule has 3 atom stereocenters. The van der Waals surface area contributed by atoms with Gasteiger partial charge in [-0.05, 0) is 54.0 Å². The molecule has 5 rings (SSSR count). The van der Waals surface area contributed by atoms with E-state index >= 15 is 0 Å². The third-order valence-electron chi connectivity index (χ3n) is 6.88. The fourth-order valence-electron chi connectivity index (χ4n) is 5.15. The lowest BCUT2D eigenvalue weighted by Gasteiger charge is -2.35. The number of carbonyl (C=O) groups excluding carboxylic acids is 2. The Morgan fingerprint density at radius 2 is 1.74 bits per heavy atom. The van der Waals surface area contributed by atoms with Crippen molar-refractivity contribution in [2.24, 2.45) is 5.92 Å². The highest BCUT2D eigenvalue weighted by Crippen LogP contribution is 2.47. The number of hydrogen-bond donors (Lipinski definition) is 0. The Balaban J connectivity index is 1.57. The van der Waals surface area contributed by atoms with Crippen molar-refractivity contribution in [1.82, 2.24) is 9.88 Å². The summed E-state index contributed by atoms with van der Waals surface area (Å²) in [5, 5.41) is 0. The van der Waals surface area contributed by atoms with Gasteiger partial charge in [-0.25, -0.2) is 0 Å². The number of carbonyl (C=O) groups is 2. The topological polar surface area (TPSA) is 59.5 Å². The highest BCUT2D eigenvalue weighted by Gasteiger charge is 2.51. The summed E-state index contributed by atoms with van der Waals surface area (Å²) in [5.41, 5.74) is 3.74. The zero-order valence-corrected chi connectivity index (χ0v) is 18.1. The molecular formula is C26H28N2O3. The molecule has 160 valence electrons. The van der Waals surface area contributed by atoms with E-state index in [9.17, 15) is 9.59 Å². The molecular weight excluding hydrogens is 388 g/mol. The molecule has 2 aromatic rings. The molecule has 1 fully saturated rings. The molecule has 1 amide bonds. The number of amides is 1. The smallest absolute Gasteiger partial charge is 0.290 e. The van der Waals surface area contributed by atoms with Gasteiger partial charge in [-0.15, -0.1) is 0 Å². The summed E-state index contributed by atoms with van der Waals surface area (Å²) >= 11 is 0. The number of nitrogens with zero attached hydrogens (tertiary/aromatic N) is 2. The predicted molar refractivity (Wildman–Crippen MR) is 117 cm³/mol. The van der Waals surface area contributed by atoms with Gasteiger partial charge >= 0.3 is 0 Å². The first kappa shape index (κ1) is 20.0. The highest BCUT2D eigenvalue weighted by molar-refractivity contribution is 6.11. The molecule has 2 aliphatic heterocycles. The maximum Gasteiger partial charge on any atom is 0.290 e. The molecule has 31 heavy (non-hydrogen) atoms. The molecule has 1 aliphatic carbocycles. The third kappa shape index (κ3) is 3.46. The van der Waals surface area contributed by atoms with E-state index in [-0.39, 0.29) is 29.5 Å². The fraction of sp³-hybridized carbons (Fsp3) is 0.423. The van der Waals surface area contributed by atoms with Crippen molar-refractivity contribution in [3.8, 4) is 0 Å². The number of hydrogen-bond acceptors (Lipinski definition) is 4. The van der Waals surface area contributed by atoms with Gasteiger partial charge in [-0.1, -0.05) is 44.5 Å². The van der Waals surface area contributed by atoms with E-state index < -0.39 is 6.04 Å². The molecule has 0 N–H and O–H groups in total. The van der Waals surface area contributed by atoms with E-state index in [0.717, 1.165) is 36.8 Å². The molecule has 3 aliphatic rings. The number of fused-ring (bicyclic) bond motifs is 1. The van der Waals surface area contributed by atoms with Gasteiger partial charge in [0.1, 0.15) is 6.10 Å². The number of ketones is 1. The lowest BCUT2D eigenvalue weighted by atomic mass is 9.77.